The average molecular weight is 328 g/mol. The highest BCUT2D eigenvalue weighted by molar-refractivity contribution is 5.29. The molecule has 0 aliphatic carbocycles. The molecule has 0 saturated carbocycles. The summed E-state index contributed by atoms with van der Waals surface area (Å²) in [5.41, 5.74) is -0.124. The highest BCUT2D eigenvalue weighted by Crippen LogP contribution is 2.33. The predicted molar refractivity (Wildman–Crippen MR) is 87.2 cm³/mol. The Morgan fingerprint density at radius 1 is 1.13 bits per heavy atom. The molecule has 1 N–H and O–H groups in total. The first-order chi connectivity index (χ1) is 10.8. The fourth-order valence-electron chi connectivity index (χ4n) is 3.26. The van der Waals surface area contributed by atoms with Crippen molar-refractivity contribution in [2.24, 2.45) is 5.92 Å². The number of rotatable bonds is 5. The molecule has 0 amide bonds. The van der Waals surface area contributed by atoms with Crippen molar-refractivity contribution in [3.05, 3.63) is 35.4 Å². The third-order valence-electron chi connectivity index (χ3n) is 4.94. The van der Waals surface area contributed by atoms with E-state index in [1.54, 1.807) is 12.1 Å². The summed E-state index contributed by atoms with van der Waals surface area (Å²) in [6, 6.07) is 6.56. The molecule has 5 heteroatoms. The monoisotopic (exact) mass is 328 g/mol. The molecule has 1 aromatic carbocycles. The largest absolute Gasteiger partial charge is 0.416 e. The molecule has 1 atom stereocenters. The molecule has 0 spiro atoms. The lowest BCUT2D eigenvalue weighted by molar-refractivity contribution is -0.138. The van der Waals surface area contributed by atoms with Crippen molar-refractivity contribution >= 4 is 0 Å². The first-order valence-corrected chi connectivity index (χ1v) is 8.42. The van der Waals surface area contributed by atoms with Crippen molar-refractivity contribution in [3.8, 4) is 0 Å². The number of halogens is 3. The first-order valence-electron chi connectivity index (χ1n) is 8.42. The maximum absolute atomic E-state index is 13.3. The topological polar surface area (TPSA) is 15.3 Å². The standard InChI is InChI=1S/C18H27F3N2/c1-13(2)14(3)23(16-8-10-22-11-9-16)12-15-6-4-5-7-17(15)18(19,20)21/h4-7,13-14,16,22H,8-12H2,1-3H3. The smallest absolute Gasteiger partial charge is 0.317 e. The van der Waals surface area contributed by atoms with Gasteiger partial charge in [-0.2, -0.15) is 13.2 Å². The fourth-order valence-corrected chi connectivity index (χ4v) is 3.26. The van der Waals surface area contributed by atoms with Crippen LogP contribution < -0.4 is 5.32 Å². The van der Waals surface area contributed by atoms with E-state index in [1.165, 1.54) is 12.1 Å². The number of piperidine rings is 1. The molecule has 0 bridgehead atoms. The Hall–Kier alpha value is -1.07. The van der Waals surface area contributed by atoms with Gasteiger partial charge in [0.15, 0.2) is 0 Å². The van der Waals surface area contributed by atoms with E-state index in [1.807, 2.05) is 0 Å². The Balaban J connectivity index is 2.27. The minimum absolute atomic E-state index is 0.249. The van der Waals surface area contributed by atoms with Crippen molar-refractivity contribution in [1.29, 1.82) is 0 Å². The summed E-state index contributed by atoms with van der Waals surface area (Å²) in [6.07, 6.45) is -2.31. The van der Waals surface area contributed by atoms with Gasteiger partial charge < -0.3 is 5.32 Å². The summed E-state index contributed by atoms with van der Waals surface area (Å²) in [4.78, 5) is 2.27. The predicted octanol–water partition coefficient (Wildman–Crippen LogP) is 4.30. The Labute approximate surface area is 137 Å². The van der Waals surface area contributed by atoms with Crippen LogP contribution in [-0.4, -0.2) is 30.1 Å². The summed E-state index contributed by atoms with van der Waals surface area (Å²) in [5.74, 6) is 0.405. The molecule has 1 heterocycles. The fraction of sp³-hybridized carbons (Fsp3) is 0.667. The van der Waals surface area contributed by atoms with Gasteiger partial charge in [0.2, 0.25) is 0 Å². The van der Waals surface area contributed by atoms with Gasteiger partial charge >= 0.3 is 6.18 Å². The Morgan fingerprint density at radius 2 is 1.74 bits per heavy atom. The zero-order valence-corrected chi connectivity index (χ0v) is 14.2. The summed E-state index contributed by atoms with van der Waals surface area (Å²) in [5, 5.41) is 3.33. The van der Waals surface area contributed by atoms with Crippen LogP contribution in [0.2, 0.25) is 0 Å². The number of nitrogens with one attached hydrogen (secondary N) is 1. The van der Waals surface area contributed by atoms with Crippen molar-refractivity contribution < 1.29 is 13.2 Å². The Bertz CT molecular complexity index is 493. The second kappa shape index (κ2) is 7.67. The number of hydrogen-bond acceptors (Lipinski definition) is 2. The van der Waals surface area contributed by atoms with E-state index in [4.69, 9.17) is 0 Å². The highest BCUT2D eigenvalue weighted by atomic mass is 19.4. The molecule has 1 aromatic rings. The van der Waals surface area contributed by atoms with Crippen LogP contribution in [0.5, 0.6) is 0 Å². The molecule has 1 fully saturated rings. The molecule has 130 valence electrons. The Morgan fingerprint density at radius 3 is 2.30 bits per heavy atom. The van der Waals surface area contributed by atoms with Gasteiger partial charge in [0.05, 0.1) is 5.56 Å². The van der Waals surface area contributed by atoms with E-state index in [9.17, 15) is 13.2 Å². The third-order valence-corrected chi connectivity index (χ3v) is 4.94. The van der Waals surface area contributed by atoms with Crippen LogP contribution in [0.3, 0.4) is 0 Å². The van der Waals surface area contributed by atoms with Crippen molar-refractivity contribution in [3.63, 3.8) is 0 Å². The number of alkyl halides is 3. The summed E-state index contributed by atoms with van der Waals surface area (Å²) in [7, 11) is 0. The SMILES string of the molecule is CC(C)C(C)N(Cc1ccccc1C(F)(F)F)C1CCNCC1. The normalized spacial score (nSPS) is 18.6. The number of hydrogen-bond donors (Lipinski definition) is 1. The molecule has 0 aromatic heterocycles. The number of benzene rings is 1. The molecule has 1 aliphatic heterocycles. The lowest BCUT2D eigenvalue weighted by Gasteiger charge is -2.41. The highest BCUT2D eigenvalue weighted by Gasteiger charge is 2.35. The van der Waals surface area contributed by atoms with Gasteiger partial charge in [-0.3, -0.25) is 4.90 Å². The van der Waals surface area contributed by atoms with Gasteiger partial charge in [0.25, 0.3) is 0 Å². The van der Waals surface area contributed by atoms with Crippen molar-refractivity contribution in [2.45, 2.75) is 58.4 Å². The van der Waals surface area contributed by atoms with Gasteiger partial charge in [-0.05, 0) is 50.4 Å². The summed E-state index contributed by atoms with van der Waals surface area (Å²) in [6.45, 7) is 8.63. The summed E-state index contributed by atoms with van der Waals surface area (Å²) >= 11 is 0. The van der Waals surface area contributed by atoms with E-state index < -0.39 is 11.7 Å². The van der Waals surface area contributed by atoms with Gasteiger partial charge in [0.1, 0.15) is 0 Å². The van der Waals surface area contributed by atoms with Crippen LogP contribution in [-0.2, 0) is 12.7 Å². The van der Waals surface area contributed by atoms with E-state index in [0.717, 1.165) is 25.9 Å². The molecule has 2 nitrogen and oxygen atoms in total. The minimum atomic E-state index is -4.29. The van der Waals surface area contributed by atoms with E-state index >= 15 is 0 Å². The second-order valence-corrected chi connectivity index (χ2v) is 6.79. The van der Waals surface area contributed by atoms with Gasteiger partial charge in [-0.15, -0.1) is 0 Å². The minimum Gasteiger partial charge on any atom is -0.317 e. The van der Waals surface area contributed by atoms with Crippen molar-refractivity contribution in [1.82, 2.24) is 10.2 Å². The lowest BCUT2D eigenvalue weighted by atomic mass is 9.96. The van der Waals surface area contributed by atoms with Crippen LogP contribution in [0.4, 0.5) is 13.2 Å². The molecule has 0 radical (unpaired) electrons. The molecule has 1 saturated heterocycles. The van der Waals surface area contributed by atoms with Gasteiger partial charge in [-0.1, -0.05) is 32.0 Å². The number of nitrogens with zero attached hydrogens (tertiary/aromatic N) is 1. The van der Waals surface area contributed by atoms with E-state index in [0.29, 0.717) is 24.1 Å². The maximum atomic E-state index is 13.3. The van der Waals surface area contributed by atoms with E-state index in [-0.39, 0.29) is 6.04 Å². The Kier molecular flexibility index (Phi) is 6.09. The molecule has 1 aliphatic rings. The molecule has 2 rings (SSSR count). The van der Waals surface area contributed by atoms with Crippen LogP contribution in [0.25, 0.3) is 0 Å². The van der Waals surface area contributed by atoms with Crippen LogP contribution >= 0.6 is 0 Å². The quantitative estimate of drug-likeness (QED) is 0.867. The summed E-state index contributed by atoms with van der Waals surface area (Å²) < 4.78 is 39.8. The molecular formula is C18H27F3N2. The first kappa shape index (κ1) is 18.3. The lowest BCUT2D eigenvalue weighted by Crippen LogP contribution is -2.48. The van der Waals surface area contributed by atoms with Crippen LogP contribution in [0.1, 0.15) is 44.7 Å². The zero-order chi connectivity index (χ0) is 17.0. The van der Waals surface area contributed by atoms with Crippen molar-refractivity contribution in [2.75, 3.05) is 13.1 Å². The second-order valence-electron chi connectivity index (χ2n) is 6.79. The zero-order valence-electron chi connectivity index (χ0n) is 14.2. The molecule has 1 unspecified atom stereocenters. The van der Waals surface area contributed by atoms with Gasteiger partial charge in [-0.25, -0.2) is 0 Å². The molecular weight excluding hydrogens is 301 g/mol. The molecule has 23 heavy (non-hydrogen) atoms. The average Bonchev–Trinajstić information content (AvgIpc) is 2.52. The third kappa shape index (κ3) is 4.70. The van der Waals surface area contributed by atoms with Crippen LogP contribution in [0.15, 0.2) is 24.3 Å². The maximum Gasteiger partial charge on any atom is 0.416 e. The van der Waals surface area contributed by atoms with E-state index in [2.05, 4.69) is 31.0 Å². The van der Waals surface area contributed by atoms with Crippen LogP contribution in [0, 0.1) is 5.92 Å². The van der Waals surface area contributed by atoms with Gasteiger partial charge in [0, 0.05) is 18.6 Å².